The number of rotatable bonds is 7. The van der Waals surface area contributed by atoms with Crippen LogP contribution in [-0.4, -0.2) is 35.6 Å². The lowest BCUT2D eigenvalue weighted by atomic mass is 9.93. The molecule has 0 aliphatic carbocycles. The van der Waals surface area contributed by atoms with Crippen LogP contribution < -0.4 is 19.6 Å². The van der Waals surface area contributed by atoms with E-state index >= 15 is 0 Å². The zero-order valence-electron chi connectivity index (χ0n) is 21.6. The molecule has 1 aliphatic rings. The van der Waals surface area contributed by atoms with Gasteiger partial charge in [-0.15, -0.1) is 11.8 Å². The van der Waals surface area contributed by atoms with Crippen LogP contribution in [0.3, 0.4) is 0 Å². The van der Waals surface area contributed by atoms with Gasteiger partial charge in [0.1, 0.15) is 0 Å². The minimum Gasteiger partial charge on any atom is -0.504 e. The number of methoxy groups -OCH3 is 1. The van der Waals surface area contributed by atoms with Crippen LogP contribution in [0.25, 0.3) is 11.8 Å². The van der Waals surface area contributed by atoms with E-state index < -0.39 is 12.0 Å². The zero-order valence-corrected chi connectivity index (χ0v) is 23.2. The highest BCUT2D eigenvalue weighted by molar-refractivity contribution is 7.98. The Morgan fingerprint density at radius 3 is 2.54 bits per heavy atom. The Labute approximate surface area is 233 Å². The van der Waals surface area contributed by atoms with Gasteiger partial charge in [0.05, 0.1) is 35.6 Å². The largest absolute Gasteiger partial charge is 0.504 e. The molecule has 3 aromatic carbocycles. The maximum atomic E-state index is 13.9. The molecule has 4 aromatic rings. The lowest BCUT2D eigenvalue weighted by molar-refractivity contribution is -0.138. The summed E-state index contributed by atoms with van der Waals surface area (Å²) in [4.78, 5) is 33.8. The highest BCUT2D eigenvalue weighted by Gasteiger charge is 2.35. The molecule has 0 amide bonds. The summed E-state index contributed by atoms with van der Waals surface area (Å²) in [7, 11) is 1.47. The number of hydrogen-bond acceptors (Lipinski definition) is 8. The van der Waals surface area contributed by atoms with Crippen LogP contribution in [0.5, 0.6) is 11.5 Å². The van der Waals surface area contributed by atoms with E-state index in [1.54, 1.807) is 41.5 Å². The fourth-order valence-corrected chi connectivity index (χ4v) is 5.89. The molecule has 0 saturated carbocycles. The smallest absolute Gasteiger partial charge is 0.338 e. The number of thioether (sulfide) groups is 1. The number of aromatic nitrogens is 1. The van der Waals surface area contributed by atoms with E-state index in [9.17, 15) is 14.7 Å². The number of nitrogens with zero attached hydrogens (tertiary/aromatic N) is 2. The first-order valence-corrected chi connectivity index (χ1v) is 14.3. The third kappa shape index (κ3) is 5.15. The molecule has 198 valence electrons. The first-order chi connectivity index (χ1) is 18.9. The molecule has 0 unspecified atom stereocenters. The number of phenolic OH excluding ortho intramolecular Hbond substituents is 1. The Morgan fingerprint density at radius 1 is 1.13 bits per heavy atom. The molecule has 0 fully saturated rings. The Balaban J connectivity index is 1.80. The van der Waals surface area contributed by atoms with Crippen LogP contribution in [0.4, 0.5) is 0 Å². The van der Waals surface area contributed by atoms with Gasteiger partial charge < -0.3 is 14.6 Å². The molecule has 1 aromatic heterocycles. The number of benzene rings is 3. The third-order valence-corrected chi connectivity index (χ3v) is 8.03. The Kier molecular flexibility index (Phi) is 7.72. The number of fused-ring (bicyclic) bond motifs is 1. The number of carbonyl (C=O) groups excluding carboxylic acids is 1. The molecule has 9 heteroatoms. The topological polar surface area (TPSA) is 90.1 Å². The number of carbonyl (C=O) groups is 1. The normalized spacial score (nSPS) is 15.1. The molecule has 0 saturated heterocycles. The van der Waals surface area contributed by atoms with Crippen molar-refractivity contribution in [1.82, 2.24) is 4.57 Å². The predicted molar refractivity (Wildman–Crippen MR) is 154 cm³/mol. The fourth-order valence-electron chi connectivity index (χ4n) is 4.48. The number of phenols is 1. The van der Waals surface area contributed by atoms with Gasteiger partial charge in [-0.25, -0.2) is 9.79 Å². The Morgan fingerprint density at radius 2 is 1.87 bits per heavy atom. The van der Waals surface area contributed by atoms with Crippen LogP contribution in [0.1, 0.15) is 29.7 Å². The predicted octanol–water partition coefficient (Wildman–Crippen LogP) is 4.37. The summed E-state index contributed by atoms with van der Waals surface area (Å²) in [6.07, 6.45) is 3.73. The molecular formula is C30H26N2O5S2. The van der Waals surface area contributed by atoms with Gasteiger partial charge in [0.2, 0.25) is 0 Å². The summed E-state index contributed by atoms with van der Waals surface area (Å²) in [6, 6.07) is 21.4. The fraction of sp³-hybridized carbons (Fsp3) is 0.167. The van der Waals surface area contributed by atoms with Crippen molar-refractivity contribution in [3.8, 4) is 11.5 Å². The van der Waals surface area contributed by atoms with Gasteiger partial charge >= 0.3 is 5.97 Å². The van der Waals surface area contributed by atoms with Crippen LogP contribution in [0.15, 0.2) is 93.1 Å². The summed E-state index contributed by atoms with van der Waals surface area (Å²) >= 11 is 2.85. The van der Waals surface area contributed by atoms with Crippen molar-refractivity contribution in [1.29, 1.82) is 0 Å². The highest BCUT2D eigenvalue weighted by Crippen LogP contribution is 2.35. The van der Waals surface area contributed by atoms with Crippen molar-refractivity contribution in [3.05, 3.63) is 115 Å². The number of thiazole rings is 1. The van der Waals surface area contributed by atoms with Gasteiger partial charge in [0, 0.05) is 10.5 Å². The second-order valence-corrected chi connectivity index (χ2v) is 10.5. The van der Waals surface area contributed by atoms with E-state index in [0.29, 0.717) is 31.9 Å². The van der Waals surface area contributed by atoms with Crippen LogP contribution in [0, 0.1) is 0 Å². The van der Waals surface area contributed by atoms with E-state index in [0.717, 1.165) is 16.0 Å². The van der Waals surface area contributed by atoms with E-state index in [1.165, 1.54) is 24.5 Å². The molecule has 39 heavy (non-hydrogen) atoms. The maximum absolute atomic E-state index is 13.9. The van der Waals surface area contributed by atoms with Gasteiger partial charge in [-0.1, -0.05) is 59.9 Å². The summed E-state index contributed by atoms with van der Waals surface area (Å²) in [5.74, 6) is -0.202. The molecule has 7 nitrogen and oxygen atoms in total. The lowest BCUT2D eigenvalue weighted by Gasteiger charge is -2.26. The molecule has 1 atom stereocenters. The second-order valence-electron chi connectivity index (χ2n) is 8.64. The molecule has 5 rings (SSSR count). The standard InChI is InChI=1S/C30H26N2O5S2/c1-4-37-29(35)25-26(19-8-6-5-7-9-19)31-30-32(27(25)20-11-13-21(38-3)14-12-20)28(34)24(39-30)17-18-10-15-22(33)23(16-18)36-2/h5-17,27,33H,4H2,1-3H3/b24-17-/t27-/m1/s1. The van der Waals surface area contributed by atoms with Gasteiger partial charge in [-0.2, -0.15) is 0 Å². The molecule has 0 spiro atoms. The van der Waals surface area contributed by atoms with E-state index in [-0.39, 0.29) is 17.9 Å². The Bertz CT molecular complexity index is 1740. The molecule has 2 heterocycles. The van der Waals surface area contributed by atoms with Crippen LogP contribution in [-0.2, 0) is 9.53 Å². The summed E-state index contributed by atoms with van der Waals surface area (Å²) in [5.41, 5.74) is 2.73. The first-order valence-electron chi connectivity index (χ1n) is 12.2. The maximum Gasteiger partial charge on any atom is 0.338 e. The number of esters is 1. The highest BCUT2D eigenvalue weighted by atomic mass is 32.2. The summed E-state index contributed by atoms with van der Waals surface area (Å²) in [5, 5.41) is 9.98. The molecule has 1 aliphatic heterocycles. The zero-order chi connectivity index (χ0) is 27.5. The van der Waals surface area contributed by atoms with Gasteiger partial charge in [0.15, 0.2) is 16.3 Å². The van der Waals surface area contributed by atoms with E-state index in [1.807, 2.05) is 60.9 Å². The van der Waals surface area contributed by atoms with E-state index in [2.05, 4.69) is 0 Å². The minimum absolute atomic E-state index is 0.0105. The van der Waals surface area contributed by atoms with Crippen molar-refractivity contribution in [3.63, 3.8) is 0 Å². The summed E-state index contributed by atoms with van der Waals surface area (Å²) < 4.78 is 12.7. The number of aromatic hydroxyl groups is 1. The molecule has 0 bridgehead atoms. The lowest BCUT2D eigenvalue weighted by Crippen LogP contribution is -2.40. The number of ether oxygens (including phenoxy) is 2. The SMILES string of the molecule is CCOC(=O)C1=C(c2ccccc2)N=c2s/c(=C\c3ccc(O)c(OC)c3)c(=O)n2[C@@H]1c1ccc(SC)cc1. The van der Waals surface area contributed by atoms with Crippen molar-refractivity contribution >= 4 is 40.8 Å². The molecular weight excluding hydrogens is 532 g/mol. The van der Waals surface area contributed by atoms with Crippen LogP contribution in [0.2, 0.25) is 0 Å². The number of hydrogen-bond donors (Lipinski definition) is 1. The van der Waals surface area contributed by atoms with E-state index in [4.69, 9.17) is 14.5 Å². The van der Waals surface area contributed by atoms with Crippen molar-refractivity contribution in [2.75, 3.05) is 20.0 Å². The first kappa shape index (κ1) is 26.5. The quantitative estimate of drug-likeness (QED) is 0.268. The third-order valence-electron chi connectivity index (χ3n) is 6.31. The molecule has 1 N–H and O–H groups in total. The minimum atomic E-state index is -0.733. The van der Waals surface area contributed by atoms with Gasteiger partial charge in [0.25, 0.3) is 5.56 Å². The van der Waals surface area contributed by atoms with Gasteiger partial charge in [-0.3, -0.25) is 9.36 Å². The average molecular weight is 559 g/mol. The van der Waals surface area contributed by atoms with Crippen molar-refractivity contribution in [2.45, 2.75) is 17.9 Å². The van der Waals surface area contributed by atoms with Crippen molar-refractivity contribution < 1.29 is 19.4 Å². The summed E-state index contributed by atoms with van der Waals surface area (Å²) in [6.45, 7) is 1.94. The van der Waals surface area contributed by atoms with Gasteiger partial charge in [-0.05, 0) is 54.6 Å². The van der Waals surface area contributed by atoms with Crippen LogP contribution >= 0.6 is 23.1 Å². The Hall–Kier alpha value is -4.08. The monoisotopic (exact) mass is 558 g/mol. The second kappa shape index (κ2) is 11.3. The molecule has 0 radical (unpaired) electrons. The average Bonchev–Trinajstić information content (AvgIpc) is 3.28. The van der Waals surface area contributed by atoms with Crippen molar-refractivity contribution in [2.24, 2.45) is 4.99 Å².